The van der Waals surface area contributed by atoms with Gasteiger partial charge >= 0.3 is 0 Å². The number of nitriles is 1. The van der Waals surface area contributed by atoms with E-state index in [0.29, 0.717) is 23.2 Å². The Hall–Kier alpha value is -3.57. The van der Waals surface area contributed by atoms with Gasteiger partial charge in [0.25, 0.3) is 5.91 Å². The van der Waals surface area contributed by atoms with Crippen molar-refractivity contribution in [2.24, 2.45) is 0 Å². The first-order chi connectivity index (χ1) is 16.5. The fraction of sp³-hybridized carbons (Fsp3) is 0.423. The summed E-state index contributed by atoms with van der Waals surface area (Å²) in [5.74, 6) is 0.984. The summed E-state index contributed by atoms with van der Waals surface area (Å²) < 4.78 is 2.21. The third kappa shape index (κ3) is 3.97. The molecule has 0 spiro atoms. The first kappa shape index (κ1) is 22.2. The molecule has 0 atom stereocenters. The molecule has 5 rings (SSSR count). The Balaban J connectivity index is 1.30. The van der Waals surface area contributed by atoms with E-state index in [1.807, 2.05) is 49.6 Å². The predicted octanol–water partition coefficient (Wildman–Crippen LogP) is 2.86. The van der Waals surface area contributed by atoms with Crippen LogP contribution in [-0.4, -0.2) is 73.7 Å². The average molecular weight is 458 g/mol. The summed E-state index contributed by atoms with van der Waals surface area (Å²) in [6, 6.07) is 15.2. The van der Waals surface area contributed by atoms with E-state index in [0.717, 1.165) is 61.6 Å². The SMILES string of the molecule is CN[C@H]1C[C@H](n2cc(C#N)c3ccc(N4CCN(c5ccc(C(=O)N(C)C)cc5)CC4)nc32)C1. The Morgan fingerprint density at radius 2 is 1.74 bits per heavy atom. The summed E-state index contributed by atoms with van der Waals surface area (Å²) >= 11 is 0. The second-order valence-electron chi connectivity index (χ2n) is 9.43. The highest BCUT2D eigenvalue weighted by atomic mass is 16.2. The van der Waals surface area contributed by atoms with Crippen molar-refractivity contribution < 1.29 is 4.79 Å². The van der Waals surface area contributed by atoms with Crippen molar-refractivity contribution in [2.75, 3.05) is 57.1 Å². The van der Waals surface area contributed by atoms with Crippen molar-refractivity contribution >= 4 is 28.4 Å². The van der Waals surface area contributed by atoms with Crippen LogP contribution in [0.15, 0.2) is 42.6 Å². The van der Waals surface area contributed by atoms with E-state index in [1.165, 1.54) is 0 Å². The Morgan fingerprint density at radius 1 is 1.06 bits per heavy atom. The number of fused-ring (bicyclic) bond motifs is 1. The molecule has 0 unspecified atom stereocenters. The number of amides is 1. The summed E-state index contributed by atoms with van der Waals surface area (Å²) in [6.07, 6.45) is 4.10. The van der Waals surface area contributed by atoms with E-state index in [-0.39, 0.29) is 5.91 Å². The van der Waals surface area contributed by atoms with Crippen molar-refractivity contribution in [3.05, 3.63) is 53.7 Å². The van der Waals surface area contributed by atoms with Gasteiger partial charge in [0.1, 0.15) is 17.5 Å². The third-order valence-electron chi connectivity index (χ3n) is 7.19. The largest absolute Gasteiger partial charge is 0.368 e. The van der Waals surface area contributed by atoms with Gasteiger partial charge < -0.3 is 24.6 Å². The minimum absolute atomic E-state index is 0.0190. The van der Waals surface area contributed by atoms with Gasteiger partial charge in [0.05, 0.1) is 5.56 Å². The van der Waals surface area contributed by atoms with Gasteiger partial charge in [-0.1, -0.05) is 0 Å². The van der Waals surface area contributed by atoms with Crippen molar-refractivity contribution in [3.8, 4) is 6.07 Å². The van der Waals surface area contributed by atoms with E-state index < -0.39 is 0 Å². The molecule has 2 fully saturated rings. The average Bonchev–Trinajstić information content (AvgIpc) is 3.21. The molecule has 1 saturated heterocycles. The van der Waals surface area contributed by atoms with Gasteiger partial charge in [-0.2, -0.15) is 5.26 Å². The lowest BCUT2D eigenvalue weighted by atomic mass is 9.87. The zero-order valence-corrected chi connectivity index (χ0v) is 20.0. The number of aromatic nitrogens is 2. The fourth-order valence-corrected chi connectivity index (χ4v) is 4.98. The molecule has 1 aliphatic heterocycles. The van der Waals surface area contributed by atoms with Crippen LogP contribution in [0.5, 0.6) is 0 Å². The molecule has 8 heteroatoms. The summed E-state index contributed by atoms with van der Waals surface area (Å²) in [5.41, 5.74) is 3.45. The normalized spacial score (nSPS) is 20.2. The number of anilines is 2. The number of carbonyl (C=O) groups is 1. The number of benzene rings is 1. The van der Waals surface area contributed by atoms with Gasteiger partial charge in [0.2, 0.25) is 0 Å². The maximum Gasteiger partial charge on any atom is 0.253 e. The molecule has 1 N–H and O–H groups in total. The van der Waals surface area contributed by atoms with E-state index in [9.17, 15) is 10.1 Å². The predicted molar refractivity (Wildman–Crippen MR) is 134 cm³/mol. The van der Waals surface area contributed by atoms with Crippen LogP contribution in [0.25, 0.3) is 11.0 Å². The number of pyridine rings is 1. The van der Waals surface area contributed by atoms with Crippen LogP contribution in [0.3, 0.4) is 0 Å². The highest BCUT2D eigenvalue weighted by Crippen LogP contribution is 2.36. The number of carbonyl (C=O) groups excluding carboxylic acids is 1. The van der Waals surface area contributed by atoms with Gasteiger partial charge in [0.15, 0.2) is 0 Å². The Morgan fingerprint density at radius 3 is 2.35 bits per heavy atom. The highest BCUT2D eigenvalue weighted by Gasteiger charge is 2.31. The number of piperazine rings is 1. The Bertz CT molecular complexity index is 1230. The molecule has 1 aromatic carbocycles. The van der Waals surface area contributed by atoms with Gasteiger partial charge in [0, 0.05) is 75.2 Å². The second-order valence-corrected chi connectivity index (χ2v) is 9.43. The Kier molecular flexibility index (Phi) is 5.88. The smallest absolute Gasteiger partial charge is 0.253 e. The van der Waals surface area contributed by atoms with Crippen LogP contribution in [0.4, 0.5) is 11.5 Å². The van der Waals surface area contributed by atoms with Crippen LogP contribution in [0.2, 0.25) is 0 Å². The van der Waals surface area contributed by atoms with E-state index in [1.54, 1.807) is 19.0 Å². The van der Waals surface area contributed by atoms with Crippen LogP contribution in [0, 0.1) is 11.3 Å². The molecule has 0 bridgehead atoms. The molecule has 1 aliphatic carbocycles. The van der Waals surface area contributed by atoms with E-state index in [2.05, 4.69) is 25.8 Å². The quantitative estimate of drug-likeness (QED) is 0.635. The summed E-state index contributed by atoms with van der Waals surface area (Å²) in [5, 5.41) is 13.9. The molecule has 2 aliphatic rings. The van der Waals surface area contributed by atoms with Crippen molar-refractivity contribution in [3.63, 3.8) is 0 Å². The number of hydrogen-bond donors (Lipinski definition) is 1. The summed E-state index contributed by atoms with van der Waals surface area (Å²) in [6.45, 7) is 3.51. The van der Waals surface area contributed by atoms with Crippen molar-refractivity contribution in [1.29, 1.82) is 5.26 Å². The van der Waals surface area contributed by atoms with Crippen LogP contribution in [-0.2, 0) is 0 Å². The van der Waals surface area contributed by atoms with Crippen LogP contribution >= 0.6 is 0 Å². The zero-order valence-electron chi connectivity index (χ0n) is 20.0. The minimum atomic E-state index is 0.0190. The third-order valence-corrected chi connectivity index (χ3v) is 7.19. The molecule has 8 nitrogen and oxygen atoms in total. The molecule has 34 heavy (non-hydrogen) atoms. The van der Waals surface area contributed by atoms with E-state index >= 15 is 0 Å². The van der Waals surface area contributed by atoms with Gasteiger partial charge in [-0.05, 0) is 56.3 Å². The highest BCUT2D eigenvalue weighted by molar-refractivity contribution is 5.94. The topological polar surface area (TPSA) is 80.4 Å². The zero-order chi connectivity index (χ0) is 23.8. The second kappa shape index (κ2) is 8.99. The first-order valence-electron chi connectivity index (χ1n) is 11.9. The van der Waals surface area contributed by atoms with E-state index in [4.69, 9.17) is 4.98 Å². The molecule has 0 radical (unpaired) electrons. The number of nitrogens with zero attached hydrogens (tertiary/aromatic N) is 6. The molecular weight excluding hydrogens is 426 g/mol. The maximum atomic E-state index is 12.1. The monoisotopic (exact) mass is 457 g/mol. The molecule has 3 aromatic rings. The minimum Gasteiger partial charge on any atom is -0.368 e. The molecule has 1 saturated carbocycles. The number of rotatable bonds is 5. The lowest BCUT2D eigenvalue weighted by Crippen LogP contribution is -2.46. The molecule has 2 aromatic heterocycles. The lowest BCUT2D eigenvalue weighted by molar-refractivity contribution is 0.0827. The summed E-state index contributed by atoms with van der Waals surface area (Å²) in [4.78, 5) is 23.4. The van der Waals surface area contributed by atoms with Gasteiger partial charge in [-0.15, -0.1) is 0 Å². The van der Waals surface area contributed by atoms with Crippen LogP contribution < -0.4 is 15.1 Å². The maximum absolute atomic E-state index is 12.1. The Labute approximate surface area is 200 Å². The molecule has 176 valence electrons. The molecular formula is C26H31N7O. The fourth-order valence-electron chi connectivity index (χ4n) is 4.98. The lowest BCUT2D eigenvalue weighted by Gasteiger charge is -2.37. The van der Waals surface area contributed by atoms with Crippen LogP contribution in [0.1, 0.15) is 34.8 Å². The van der Waals surface area contributed by atoms with Crippen molar-refractivity contribution in [1.82, 2.24) is 19.8 Å². The standard InChI is InChI=1S/C26H31N7O/c1-28-20-14-22(15-20)33-17-19(16-27)23-8-9-24(29-25(23)33)32-12-10-31(11-13-32)21-6-4-18(5-7-21)26(34)30(2)3/h4-9,17,20,22,28H,10-15H2,1-3H3/t20-,22-. The van der Waals surface area contributed by atoms with Crippen molar-refractivity contribution in [2.45, 2.75) is 24.9 Å². The summed E-state index contributed by atoms with van der Waals surface area (Å²) in [7, 11) is 5.54. The first-order valence-corrected chi connectivity index (χ1v) is 11.9. The van der Waals surface area contributed by atoms with Gasteiger partial charge in [-0.25, -0.2) is 4.98 Å². The number of nitrogens with one attached hydrogen (secondary N) is 1. The number of hydrogen-bond acceptors (Lipinski definition) is 6. The molecule has 3 heterocycles. The van der Waals surface area contributed by atoms with Gasteiger partial charge in [-0.3, -0.25) is 4.79 Å². The molecule has 1 amide bonds.